The Morgan fingerprint density at radius 1 is 1.25 bits per heavy atom. The summed E-state index contributed by atoms with van der Waals surface area (Å²) >= 11 is 0. The molecule has 0 aliphatic carbocycles. The quantitative estimate of drug-likeness (QED) is 0.778. The average Bonchev–Trinajstić information content (AvgIpc) is 2.61. The Morgan fingerprint density at radius 2 is 1.96 bits per heavy atom. The Morgan fingerprint density at radius 3 is 2.62 bits per heavy atom. The van der Waals surface area contributed by atoms with Gasteiger partial charge in [0.2, 0.25) is 5.91 Å². The van der Waals surface area contributed by atoms with E-state index in [9.17, 15) is 9.59 Å². The molecule has 1 heterocycles. The summed E-state index contributed by atoms with van der Waals surface area (Å²) in [5.74, 6) is 0.732. The molecule has 6 nitrogen and oxygen atoms in total. The lowest BCUT2D eigenvalue weighted by molar-refractivity contribution is -0.122. The molecule has 0 atom stereocenters. The minimum Gasteiger partial charge on any atom is -0.493 e. The van der Waals surface area contributed by atoms with Gasteiger partial charge in [0.1, 0.15) is 12.4 Å². The molecule has 1 aromatic rings. The minimum absolute atomic E-state index is 0.0291. The molecule has 1 fully saturated rings. The van der Waals surface area contributed by atoms with Gasteiger partial charge in [-0.05, 0) is 25.0 Å². The molecule has 0 bridgehead atoms. The van der Waals surface area contributed by atoms with Crippen molar-refractivity contribution in [3.8, 4) is 5.75 Å². The van der Waals surface area contributed by atoms with Crippen LogP contribution in [0.5, 0.6) is 5.75 Å². The molecule has 2 amide bonds. The summed E-state index contributed by atoms with van der Waals surface area (Å²) in [6.45, 7) is 5.25. The van der Waals surface area contributed by atoms with Crippen molar-refractivity contribution in [3.63, 3.8) is 0 Å². The van der Waals surface area contributed by atoms with Gasteiger partial charge in [0.05, 0.1) is 13.0 Å². The molecule has 1 aliphatic heterocycles. The lowest BCUT2D eigenvalue weighted by Gasteiger charge is -2.31. The molecule has 1 N–H and O–H groups in total. The van der Waals surface area contributed by atoms with Crippen LogP contribution in [0.4, 0.5) is 4.79 Å². The highest BCUT2D eigenvalue weighted by Crippen LogP contribution is 2.12. The Balaban J connectivity index is 1.61. The molecule has 130 valence electrons. The van der Waals surface area contributed by atoms with Gasteiger partial charge < -0.3 is 19.7 Å². The van der Waals surface area contributed by atoms with E-state index in [-0.39, 0.29) is 24.6 Å². The average molecular weight is 332 g/mol. The highest BCUT2D eigenvalue weighted by atomic mass is 16.6. The van der Waals surface area contributed by atoms with Gasteiger partial charge in [-0.15, -0.1) is 0 Å². The Hall–Kier alpha value is -2.50. The summed E-state index contributed by atoms with van der Waals surface area (Å²) in [5.41, 5.74) is 0. The van der Waals surface area contributed by atoms with Crippen molar-refractivity contribution < 1.29 is 19.1 Å². The molecule has 0 saturated carbocycles. The van der Waals surface area contributed by atoms with Crippen molar-refractivity contribution in [1.29, 1.82) is 0 Å². The number of carbonyl (C=O) groups is 2. The first-order valence-electron chi connectivity index (χ1n) is 8.19. The van der Waals surface area contributed by atoms with Gasteiger partial charge in [0, 0.05) is 19.1 Å². The van der Waals surface area contributed by atoms with Gasteiger partial charge in [0.25, 0.3) is 0 Å². The third kappa shape index (κ3) is 5.95. The maximum Gasteiger partial charge on any atom is 0.410 e. The predicted octanol–water partition coefficient (Wildman–Crippen LogP) is 2.36. The first-order chi connectivity index (χ1) is 11.7. The molecule has 0 spiro atoms. The number of likely N-dealkylation sites (tertiary alicyclic amines) is 1. The van der Waals surface area contributed by atoms with Crippen LogP contribution in [0.1, 0.15) is 19.3 Å². The maximum atomic E-state index is 12.0. The number of hydrogen-bond donors (Lipinski definition) is 1. The first-order valence-corrected chi connectivity index (χ1v) is 8.19. The zero-order valence-corrected chi connectivity index (χ0v) is 13.8. The van der Waals surface area contributed by atoms with E-state index in [2.05, 4.69) is 11.9 Å². The van der Waals surface area contributed by atoms with Crippen molar-refractivity contribution >= 4 is 12.0 Å². The number of benzene rings is 1. The lowest BCUT2D eigenvalue weighted by Crippen LogP contribution is -2.46. The number of nitrogens with one attached hydrogen (secondary N) is 1. The number of nitrogens with zero attached hydrogens (tertiary/aromatic N) is 1. The highest BCUT2D eigenvalue weighted by molar-refractivity contribution is 5.76. The van der Waals surface area contributed by atoms with Crippen molar-refractivity contribution in [1.82, 2.24) is 10.2 Å². The Bertz CT molecular complexity index is 539. The van der Waals surface area contributed by atoms with E-state index in [4.69, 9.17) is 9.47 Å². The number of para-hydroxylation sites is 1. The number of ether oxygens (including phenoxy) is 2. The third-order valence-corrected chi connectivity index (χ3v) is 3.78. The van der Waals surface area contributed by atoms with E-state index in [1.807, 2.05) is 30.3 Å². The van der Waals surface area contributed by atoms with Gasteiger partial charge in [-0.3, -0.25) is 4.79 Å². The summed E-state index contributed by atoms with van der Waals surface area (Å²) in [4.78, 5) is 25.3. The largest absolute Gasteiger partial charge is 0.493 e. The van der Waals surface area contributed by atoms with E-state index in [1.54, 1.807) is 11.0 Å². The molecular formula is C18H24N2O4. The molecular weight excluding hydrogens is 308 g/mol. The SMILES string of the molecule is C=CCOC(=O)N1CCC(NC(=O)CCOc2ccccc2)CC1. The molecule has 0 aromatic heterocycles. The van der Waals surface area contributed by atoms with Crippen molar-refractivity contribution in [2.24, 2.45) is 0 Å². The second kappa shape index (κ2) is 9.60. The standard InChI is InChI=1S/C18H24N2O4/c1-2-13-24-18(22)20-11-8-15(9-12-20)19-17(21)10-14-23-16-6-4-3-5-7-16/h2-7,15H,1,8-14H2,(H,19,21). The smallest absolute Gasteiger partial charge is 0.410 e. The van der Waals surface area contributed by atoms with Crippen molar-refractivity contribution in [3.05, 3.63) is 43.0 Å². The van der Waals surface area contributed by atoms with Gasteiger partial charge in [0.15, 0.2) is 0 Å². The predicted molar refractivity (Wildman–Crippen MR) is 90.8 cm³/mol. The van der Waals surface area contributed by atoms with Gasteiger partial charge in [-0.25, -0.2) is 4.79 Å². The van der Waals surface area contributed by atoms with Crippen molar-refractivity contribution in [2.45, 2.75) is 25.3 Å². The Labute approximate surface area is 142 Å². The fourth-order valence-electron chi connectivity index (χ4n) is 2.51. The van der Waals surface area contributed by atoms with Gasteiger partial charge in [-0.1, -0.05) is 30.9 Å². The molecule has 0 unspecified atom stereocenters. The fourth-order valence-corrected chi connectivity index (χ4v) is 2.51. The van der Waals surface area contributed by atoms with Gasteiger partial charge >= 0.3 is 6.09 Å². The van der Waals surface area contributed by atoms with E-state index in [0.717, 1.165) is 18.6 Å². The number of amides is 2. The summed E-state index contributed by atoms with van der Waals surface area (Å²) in [6, 6.07) is 9.52. The van der Waals surface area contributed by atoms with E-state index in [1.165, 1.54) is 0 Å². The second-order valence-electron chi connectivity index (χ2n) is 5.61. The number of hydrogen-bond acceptors (Lipinski definition) is 4. The number of piperidine rings is 1. The van der Waals surface area contributed by atoms with Crippen LogP contribution >= 0.6 is 0 Å². The normalized spacial score (nSPS) is 14.8. The van der Waals surface area contributed by atoms with Crippen LogP contribution in [0, 0.1) is 0 Å². The van der Waals surface area contributed by atoms with Crippen LogP contribution in [0.2, 0.25) is 0 Å². The first kappa shape index (κ1) is 17.8. The third-order valence-electron chi connectivity index (χ3n) is 3.78. The zero-order valence-electron chi connectivity index (χ0n) is 13.8. The molecule has 0 radical (unpaired) electrons. The number of carbonyl (C=O) groups excluding carboxylic acids is 2. The van der Waals surface area contributed by atoms with E-state index >= 15 is 0 Å². The fraction of sp³-hybridized carbons (Fsp3) is 0.444. The summed E-state index contributed by atoms with van der Waals surface area (Å²) in [7, 11) is 0. The van der Waals surface area contributed by atoms with E-state index < -0.39 is 0 Å². The maximum absolute atomic E-state index is 12.0. The molecule has 24 heavy (non-hydrogen) atoms. The van der Waals surface area contributed by atoms with Crippen LogP contribution in [-0.2, 0) is 9.53 Å². The van der Waals surface area contributed by atoms with Gasteiger partial charge in [-0.2, -0.15) is 0 Å². The second-order valence-corrected chi connectivity index (χ2v) is 5.61. The molecule has 1 aromatic carbocycles. The van der Waals surface area contributed by atoms with Crippen LogP contribution in [0.3, 0.4) is 0 Å². The summed E-state index contributed by atoms with van der Waals surface area (Å²) in [5, 5.41) is 2.99. The number of rotatable bonds is 7. The summed E-state index contributed by atoms with van der Waals surface area (Å²) < 4.78 is 10.5. The van der Waals surface area contributed by atoms with Crippen LogP contribution in [0.15, 0.2) is 43.0 Å². The zero-order chi connectivity index (χ0) is 17.2. The van der Waals surface area contributed by atoms with Crippen molar-refractivity contribution in [2.75, 3.05) is 26.3 Å². The van der Waals surface area contributed by atoms with E-state index in [0.29, 0.717) is 26.1 Å². The minimum atomic E-state index is -0.323. The van der Waals surface area contributed by atoms with Crippen LogP contribution in [-0.4, -0.2) is 49.2 Å². The molecule has 1 saturated heterocycles. The Kier molecular flexibility index (Phi) is 7.14. The highest BCUT2D eigenvalue weighted by Gasteiger charge is 2.24. The molecule has 6 heteroatoms. The monoisotopic (exact) mass is 332 g/mol. The molecule has 1 aliphatic rings. The van der Waals surface area contributed by atoms with Crippen LogP contribution < -0.4 is 10.1 Å². The van der Waals surface area contributed by atoms with Crippen LogP contribution in [0.25, 0.3) is 0 Å². The summed E-state index contributed by atoms with van der Waals surface area (Å²) in [6.07, 6.45) is 3.00. The lowest BCUT2D eigenvalue weighted by atomic mass is 10.1. The topological polar surface area (TPSA) is 67.9 Å². The molecule has 2 rings (SSSR count).